The molecule has 0 radical (unpaired) electrons. The van der Waals surface area contributed by atoms with E-state index < -0.39 is 5.41 Å². The molecule has 0 spiro atoms. The Morgan fingerprint density at radius 2 is 1.66 bits per heavy atom. The van der Waals surface area contributed by atoms with Crippen molar-refractivity contribution in [3.05, 3.63) is 83.4 Å². The predicted octanol–water partition coefficient (Wildman–Crippen LogP) is 5.91. The van der Waals surface area contributed by atoms with E-state index in [4.69, 9.17) is 9.47 Å². The highest BCUT2D eigenvalue weighted by Gasteiger charge is 2.22. The Morgan fingerprint density at radius 3 is 2.37 bits per heavy atom. The molecule has 0 bridgehead atoms. The Labute approximate surface area is 211 Å². The van der Waals surface area contributed by atoms with E-state index in [1.54, 1.807) is 38.1 Å². The van der Waals surface area contributed by atoms with Crippen molar-refractivity contribution in [3.8, 4) is 11.5 Å². The van der Waals surface area contributed by atoms with E-state index in [-0.39, 0.29) is 11.8 Å². The molecule has 0 aliphatic carbocycles. The van der Waals surface area contributed by atoms with E-state index in [9.17, 15) is 9.59 Å². The van der Waals surface area contributed by atoms with E-state index in [2.05, 4.69) is 10.6 Å². The number of benzene rings is 3. The lowest BCUT2D eigenvalue weighted by atomic mass is 9.95. The molecule has 3 aromatic rings. The van der Waals surface area contributed by atoms with Crippen LogP contribution in [0.1, 0.15) is 42.3 Å². The lowest BCUT2D eigenvalue weighted by molar-refractivity contribution is -0.123. The van der Waals surface area contributed by atoms with Crippen LogP contribution in [0, 0.1) is 5.41 Å². The molecule has 184 valence electrons. The number of methoxy groups -OCH3 is 2. The fraction of sp³-hybridized carbons (Fsp3) is 0.286. The van der Waals surface area contributed by atoms with Gasteiger partial charge < -0.3 is 20.1 Å². The fourth-order valence-electron chi connectivity index (χ4n) is 3.24. The molecule has 2 N–H and O–H groups in total. The van der Waals surface area contributed by atoms with Crippen LogP contribution in [-0.4, -0.2) is 26.0 Å². The number of nitrogens with one attached hydrogen (secondary N) is 2. The topological polar surface area (TPSA) is 76.7 Å². The molecule has 35 heavy (non-hydrogen) atoms. The smallest absolute Gasteiger partial charge is 0.251 e. The van der Waals surface area contributed by atoms with Crippen LogP contribution in [0.3, 0.4) is 0 Å². The first kappa shape index (κ1) is 26.2. The number of hydrogen-bond donors (Lipinski definition) is 2. The van der Waals surface area contributed by atoms with Crippen LogP contribution in [0.5, 0.6) is 11.5 Å². The number of thioether (sulfide) groups is 1. The van der Waals surface area contributed by atoms with Gasteiger partial charge in [-0.15, -0.1) is 11.8 Å². The van der Waals surface area contributed by atoms with Crippen LogP contribution >= 0.6 is 11.8 Å². The monoisotopic (exact) mass is 492 g/mol. The summed E-state index contributed by atoms with van der Waals surface area (Å²) in [5.41, 5.74) is 2.80. The van der Waals surface area contributed by atoms with Crippen LogP contribution in [0.25, 0.3) is 0 Å². The van der Waals surface area contributed by atoms with Crippen molar-refractivity contribution in [2.75, 3.05) is 19.5 Å². The number of ether oxygens (including phenoxy) is 2. The average molecular weight is 493 g/mol. The SMILES string of the molecule is COc1ccc(CNC(=O)c2cccc(SCc3ccccc3NC(=O)C(C)(C)C)c2)c(OC)c1. The second-order valence-corrected chi connectivity index (χ2v) is 10.1. The number of amides is 2. The maximum Gasteiger partial charge on any atom is 0.251 e. The summed E-state index contributed by atoms with van der Waals surface area (Å²) in [5, 5.41) is 5.99. The number of para-hydroxylation sites is 1. The molecule has 7 heteroatoms. The molecule has 0 fully saturated rings. The van der Waals surface area contributed by atoms with Gasteiger partial charge in [0.1, 0.15) is 11.5 Å². The van der Waals surface area contributed by atoms with Gasteiger partial charge in [0.25, 0.3) is 5.91 Å². The van der Waals surface area contributed by atoms with Gasteiger partial charge in [-0.2, -0.15) is 0 Å². The molecular formula is C28H32N2O4S. The summed E-state index contributed by atoms with van der Waals surface area (Å²) in [6.07, 6.45) is 0. The summed E-state index contributed by atoms with van der Waals surface area (Å²) < 4.78 is 10.6. The number of carbonyl (C=O) groups excluding carboxylic acids is 2. The summed E-state index contributed by atoms with van der Waals surface area (Å²) in [4.78, 5) is 26.2. The van der Waals surface area contributed by atoms with E-state index in [0.717, 1.165) is 21.7 Å². The zero-order valence-electron chi connectivity index (χ0n) is 20.8. The van der Waals surface area contributed by atoms with Gasteiger partial charge in [-0.05, 0) is 42.0 Å². The Morgan fingerprint density at radius 1 is 0.886 bits per heavy atom. The van der Waals surface area contributed by atoms with Gasteiger partial charge in [-0.1, -0.05) is 45.0 Å². The van der Waals surface area contributed by atoms with E-state index >= 15 is 0 Å². The van der Waals surface area contributed by atoms with E-state index in [1.165, 1.54) is 0 Å². The molecule has 0 aliphatic heterocycles. The molecule has 0 saturated heterocycles. The molecule has 6 nitrogen and oxygen atoms in total. The molecule has 0 aromatic heterocycles. The minimum absolute atomic E-state index is 0.0258. The van der Waals surface area contributed by atoms with E-state index in [1.807, 2.05) is 75.4 Å². The molecule has 2 amide bonds. The zero-order valence-corrected chi connectivity index (χ0v) is 21.6. The molecule has 0 heterocycles. The Balaban J connectivity index is 1.64. The highest BCUT2D eigenvalue weighted by molar-refractivity contribution is 7.98. The second kappa shape index (κ2) is 11.8. The maximum absolute atomic E-state index is 12.8. The minimum atomic E-state index is -0.474. The second-order valence-electron chi connectivity index (χ2n) is 9.04. The van der Waals surface area contributed by atoms with Crippen molar-refractivity contribution in [3.63, 3.8) is 0 Å². The number of carbonyl (C=O) groups is 2. The van der Waals surface area contributed by atoms with Gasteiger partial charge in [-0.25, -0.2) is 0 Å². The highest BCUT2D eigenvalue weighted by atomic mass is 32.2. The Bertz CT molecular complexity index is 1190. The quantitative estimate of drug-likeness (QED) is 0.363. The number of rotatable bonds is 9. The maximum atomic E-state index is 12.8. The predicted molar refractivity (Wildman–Crippen MR) is 141 cm³/mol. The largest absolute Gasteiger partial charge is 0.497 e. The third kappa shape index (κ3) is 7.26. The fourth-order valence-corrected chi connectivity index (χ4v) is 4.20. The molecule has 3 rings (SSSR count). The van der Waals surface area contributed by atoms with Gasteiger partial charge in [-0.3, -0.25) is 9.59 Å². The molecule has 0 saturated carbocycles. The van der Waals surface area contributed by atoms with Gasteiger partial charge in [0.15, 0.2) is 0 Å². The summed E-state index contributed by atoms with van der Waals surface area (Å²) in [6.45, 7) is 6.01. The third-order valence-corrected chi connectivity index (χ3v) is 6.41. The standard InChI is InChI=1S/C28H32N2O4S/c1-28(2,3)27(32)30-24-12-7-6-9-21(24)18-35-23-11-8-10-19(15-23)26(31)29-17-20-13-14-22(33-4)16-25(20)34-5/h6-16H,17-18H2,1-5H3,(H,29,31)(H,30,32). The average Bonchev–Trinajstić information content (AvgIpc) is 2.86. The van der Waals surface area contributed by atoms with E-state index in [0.29, 0.717) is 29.4 Å². The van der Waals surface area contributed by atoms with Gasteiger partial charge in [0.05, 0.1) is 14.2 Å². The molecule has 0 atom stereocenters. The Kier molecular flexibility index (Phi) is 8.82. The van der Waals surface area contributed by atoms with Gasteiger partial charge in [0, 0.05) is 45.5 Å². The lowest BCUT2D eigenvalue weighted by Crippen LogP contribution is -2.28. The van der Waals surface area contributed by atoms with Crippen molar-refractivity contribution in [1.29, 1.82) is 0 Å². The highest BCUT2D eigenvalue weighted by Crippen LogP contribution is 2.29. The lowest BCUT2D eigenvalue weighted by Gasteiger charge is -2.19. The first-order valence-electron chi connectivity index (χ1n) is 11.3. The first-order valence-corrected chi connectivity index (χ1v) is 12.3. The van der Waals surface area contributed by atoms with Crippen LogP contribution in [0.2, 0.25) is 0 Å². The van der Waals surface area contributed by atoms with Crippen molar-refractivity contribution >= 4 is 29.3 Å². The minimum Gasteiger partial charge on any atom is -0.497 e. The van der Waals surface area contributed by atoms with Crippen LogP contribution in [0.15, 0.2) is 71.6 Å². The molecule has 0 aliphatic rings. The summed E-state index contributed by atoms with van der Waals surface area (Å²) >= 11 is 1.61. The Hall–Kier alpha value is -3.45. The van der Waals surface area contributed by atoms with Gasteiger partial charge >= 0.3 is 0 Å². The van der Waals surface area contributed by atoms with Crippen molar-refractivity contribution in [1.82, 2.24) is 5.32 Å². The summed E-state index contributed by atoms with van der Waals surface area (Å²) in [6, 6.07) is 20.8. The van der Waals surface area contributed by atoms with Crippen LogP contribution in [-0.2, 0) is 17.1 Å². The molecule has 3 aromatic carbocycles. The number of hydrogen-bond acceptors (Lipinski definition) is 5. The van der Waals surface area contributed by atoms with Crippen molar-refractivity contribution in [2.24, 2.45) is 5.41 Å². The third-order valence-electron chi connectivity index (χ3n) is 5.37. The zero-order chi connectivity index (χ0) is 25.4. The molecular weight excluding hydrogens is 460 g/mol. The van der Waals surface area contributed by atoms with Gasteiger partial charge in [0.2, 0.25) is 5.91 Å². The van der Waals surface area contributed by atoms with Crippen molar-refractivity contribution < 1.29 is 19.1 Å². The summed E-state index contributed by atoms with van der Waals surface area (Å²) in [7, 11) is 3.19. The van der Waals surface area contributed by atoms with Crippen LogP contribution in [0.4, 0.5) is 5.69 Å². The van der Waals surface area contributed by atoms with Crippen LogP contribution < -0.4 is 20.1 Å². The summed E-state index contributed by atoms with van der Waals surface area (Å²) in [5.74, 6) is 1.83. The number of anilines is 1. The molecule has 0 unspecified atom stereocenters. The first-order chi connectivity index (χ1) is 16.7. The normalized spacial score (nSPS) is 11.0. The van der Waals surface area contributed by atoms with Crippen molar-refractivity contribution in [2.45, 2.75) is 38.0 Å².